The summed E-state index contributed by atoms with van der Waals surface area (Å²) < 4.78 is 10.5. The van der Waals surface area contributed by atoms with Crippen LogP contribution in [0, 0.1) is 0 Å². The first-order valence-corrected chi connectivity index (χ1v) is 11.6. The Hall–Kier alpha value is -1.58. The van der Waals surface area contributed by atoms with E-state index in [4.69, 9.17) is 9.47 Å². The number of esters is 2. The molecule has 0 spiro atoms. The van der Waals surface area contributed by atoms with Gasteiger partial charge in [-0.05, 0) is 59.0 Å². The molecule has 4 nitrogen and oxygen atoms in total. The molecular formula is C25H44O4. The predicted octanol–water partition coefficient (Wildman–Crippen LogP) is 7.08. The van der Waals surface area contributed by atoms with Crippen LogP contribution < -0.4 is 0 Å². The van der Waals surface area contributed by atoms with Gasteiger partial charge in [-0.25, -0.2) is 0 Å². The van der Waals surface area contributed by atoms with Gasteiger partial charge in [-0.3, -0.25) is 9.59 Å². The van der Waals surface area contributed by atoms with Crippen molar-refractivity contribution < 1.29 is 19.1 Å². The molecule has 0 fully saturated rings. The van der Waals surface area contributed by atoms with E-state index in [1.807, 2.05) is 6.08 Å². The number of hydrogen-bond donors (Lipinski definition) is 0. The third-order valence-electron chi connectivity index (χ3n) is 4.79. The van der Waals surface area contributed by atoms with E-state index >= 15 is 0 Å². The number of carbonyl (C=O) groups is 2. The lowest BCUT2D eigenvalue weighted by molar-refractivity contribution is -0.144. The van der Waals surface area contributed by atoms with Gasteiger partial charge in [-0.1, -0.05) is 62.7 Å². The fourth-order valence-corrected chi connectivity index (χ4v) is 2.90. The van der Waals surface area contributed by atoms with Gasteiger partial charge in [0.2, 0.25) is 0 Å². The minimum absolute atomic E-state index is 0.0647. The highest BCUT2D eigenvalue weighted by Crippen LogP contribution is 2.10. The number of hydrogen-bond acceptors (Lipinski definition) is 4. The van der Waals surface area contributed by atoms with Gasteiger partial charge in [-0.15, -0.1) is 0 Å². The van der Waals surface area contributed by atoms with E-state index in [1.54, 1.807) is 0 Å². The molecule has 0 aliphatic heterocycles. The minimum atomic E-state index is -0.107. The second-order valence-corrected chi connectivity index (χ2v) is 8.10. The van der Waals surface area contributed by atoms with Crippen LogP contribution in [0.25, 0.3) is 0 Å². The highest BCUT2D eigenvalue weighted by Gasteiger charge is 2.04. The zero-order chi connectivity index (χ0) is 21.7. The van der Waals surface area contributed by atoms with Crippen molar-refractivity contribution in [2.24, 2.45) is 0 Å². The summed E-state index contributed by atoms with van der Waals surface area (Å²) >= 11 is 0. The van der Waals surface area contributed by atoms with Crippen molar-refractivity contribution in [3.63, 3.8) is 0 Å². The SMILES string of the molecule is CCCCCOC(=O)CCCCCCCCC(=O)OC/C=C(\C)CCC=C(C)C. The van der Waals surface area contributed by atoms with Gasteiger partial charge in [0.05, 0.1) is 6.61 Å². The van der Waals surface area contributed by atoms with Crippen molar-refractivity contribution in [3.8, 4) is 0 Å². The number of allylic oxidation sites excluding steroid dienone is 3. The molecule has 0 radical (unpaired) electrons. The summed E-state index contributed by atoms with van der Waals surface area (Å²) in [6, 6.07) is 0. The molecular weight excluding hydrogens is 364 g/mol. The summed E-state index contributed by atoms with van der Waals surface area (Å²) in [7, 11) is 0. The van der Waals surface area contributed by atoms with Crippen LogP contribution in [0.4, 0.5) is 0 Å². The number of ether oxygens (including phenoxy) is 2. The molecule has 0 aliphatic rings. The Bertz CT molecular complexity index is 487. The van der Waals surface area contributed by atoms with Crippen molar-refractivity contribution in [2.45, 2.75) is 111 Å². The summed E-state index contributed by atoms with van der Waals surface area (Å²) in [6.07, 6.45) is 16.6. The molecule has 0 saturated heterocycles. The van der Waals surface area contributed by atoms with Crippen LogP contribution in [-0.2, 0) is 19.1 Å². The topological polar surface area (TPSA) is 52.6 Å². The zero-order valence-electron chi connectivity index (χ0n) is 19.4. The Morgan fingerprint density at radius 2 is 1.28 bits per heavy atom. The standard InChI is InChI=1S/C25H44O4/c1-5-6-13-20-28-24(26)17-11-9-7-8-10-12-18-25(27)29-21-19-23(4)16-14-15-22(2)3/h15,19H,5-14,16-18,20-21H2,1-4H3/b23-19+. The van der Waals surface area contributed by atoms with Crippen molar-refractivity contribution in [1.29, 1.82) is 0 Å². The first-order chi connectivity index (χ1) is 14.0. The van der Waals surface area contributed by atoms with Gasteiger partial charge in [-0.2, -0.15) is 0 Å². The van der Waals surface area contributed by atoms with Crippen LogP contribution in [0.3, 0.4) is 0 Å². The van der Waals surface area contributed by atoms with Crippen LogP contribution in [0.15, 0.2) is 23.3 Å². The van der Waals surface area contributed by atoms with E-state index in [9.17, 15) is 9.59 Å². The highest BCUT2D eigenvalue weighted by molar-refractivity contribution is 5.69. The number of unbranched alkanes of at least 4 members (excludes halogenated alkanes) is 7. The van der Waals surface area contributed by atoms with E-state index < -0.39 is 0 Å². The van der Waals surface area contributed by atoms with E-state index in [-0.39, 0.29) is 11.9 Å². The van der Waals surface area contributed by atoms with Gasteiger partial charge in [0.25, 0.3) is 0 Å². The predicted molar refractivity (Wildman–Crippen MR) is 121 cm³/mol. The Balaban J connectivity index is 3.49. The first kappa shape index (κ1) is 27.4. The third kappa shape index (κ3) is 21.0. The zero-order valence-corrected chi connectivity index (χ0v) is 19.4. The Morgan fingerprint density at radius 3 is 1.86 bits per heavy atom. The average Bonchev–Trinajstić information content (AvgIpc) is 2.67. The van der Waals surface area contributed by atoms with Gasteiger partial charge >= 0.3 is 11.9 Å². The third-order valence-corrected chi connectivity index (χ3v) is 4.79. The van der Waals surface area contributed by atoms with Crippen molar-refractivity contribution in [2.75, 3.05) is 13.2 Å². The lowest BCUT2D eigenvalue weighted by Crippen LogP contribution is -2.05. The van der Waals surface area contributed by atoms with Gasteiger partial charge in [0, 0.05) is 12.8 Å². The molecule has 0 heterocycles. The van der Waals surface area contributed by atoms with Gasteiger partial charge in [0.1, 0.15) is 6.61 Å². The second kappa shape index (κ2) is 19.7. The van der Waals surface area contributed by atoms with E-state index in [1.165, 1.54) is 11.1 Å². The molecule has 0 rings (SSSR count). The smallest absolute Gasteiger partial charge is 0.306 e. The lowest BCUT2D eigenvalue weighted by Gasteiger charge is -2.05. The Morgan fingerprint density at radius 1 is 0.690 bits per heavy atom. The number of rotatable bonds is 18. The van der Waals surface area contributed by atoms with E-state index in [0.717, 1.165) is 70.6 Å². The summed E-state index contributed by atoms with van der Waals surface area (Å²) in [5.74, 6) is -0.172. The van der Waals surface area contributed by atoms with Gasteiger partial charge in [0.15, 0.2) is 0 Å². The molecule has 0 atom stereocenters. The Kier molecular flexibility index (Phi) is 18.6. The quantitative estimate of drug-likeness (QED) is 0.138. The molecule has 0 unspecified atom stereocenters. The molecule has 0 bridgehead atoms. The van der Waals surface area contributed by atoms with Crippen molar-refractivity contribution >= 4 is 11.9 Å². The molecule has 168 valence electrons. The van der Waals surface area contributed by atoms with Crippen molar-refractivity contribution in [1.82, 2.24) is 0 Å². The Labute approximate surface area is 179 Å². The molecule has 0 saturated carbocycles. The van der Waals surface area contributed by atoms with Crippen LogP contribution >= 0.6 is 0 Å². The molecule has 29 heavy (non-hydrogen) atoms. The maximum absolute atomic E-state index is 11.8. The van der Waals surface area contributed by atoms with Gasteiger partial charge < -0.3 is 9.47 Å². The van der Waals surface area contributed by atoms with Crippen LogP contribution in [-0.4, -0.2) is 25.2 Å². The molecule has 0 aromatic heterocycles. The summed E-state index contributed by atoms with van der Waals surface area (Å²) in [4.78, 5) is 23.3. The van der Waals surface area contributed by atoms with Crippen LogP contribution in [0.1, 0.15) is 111 Å². The normalized spacial score (nSPS) is 11.2. The molecule has 0 aromatic rings. The first-order valence-electron chi connectivity index (χ1n) is 11.6. The molecule has 4 heteroatoms. The maximum Gasteiger partial charge on any atom is 0.306 e. The van der Waals surface area contributed by atoms with E-state index in [0.29, 0.717) is 26.1 Å². The lowest BCUT2D eigenvalue weighted by atomic mass is 10.1. The second-order valence-electron chi connectivity index (χ2n) is 8.10. The summed E-state index contributed by atoms with van der Waals surface area (Å²) in [5, 5.41) is 0. The molecule has 0 N–H and O–H groups in total. The monoisotopic (exact) mass is 408 g/mol. The summed E-state index contributed by atoms with van der Waals surface area (Å²) in [5.41, 5.74) is 2.60. The summed E-state index contributed by atoms with van der Waals surface area (Å²) in [6.45, 7) is 9.37. The largest absolute Gasteiger partial charge is 0.466 e. The van der Waals surface area contributed by atoms with Crippen molar-refractivity contribution in [3.05, 3.63) is 23.3 Å². The minimum Gasteiger partial charge on any atom is -0.466 e. The van der Waals surface area contributed by atoms with Crippen LogP contribution in [0.5, 0.6) is 0 Å². The van der Waals surface area contributed by atoms with E-state index in [2.05, 4.69) is 33.8 Å². The fourth-order valence-electron chi connectivity index (χ4n) is 2.90. The average molecular weight is 409 g/mol. The number of carbonyl (C=O) groups excluding carboxylic acids is 2. The maximum atomic E-state index is 11.8. The fraction of sp³-hybridized carbons (Fsp3) is 0.760. The van der Waals surface area contributed by atoms with Crippen LogP contribution in [0.2, 0.25) is 0 Å². The molecule has 0 aliphatic carbocycles. The molecule has 0 aromatic carbocycles. The highest BCUT2D eigenvalue weighted by atomic mass is 16.5. The molecule has 0 amide bonds.